The Bertz CT molecular complexity index is 642. The van der Waals surface area contributed by atoms with Crippen molar-refractivity contribution in [1.82, 2.24) is 0 Å². The van der Waals surface area contributed by atoms with E-state index in [1.54, 1.807) is 13.2 Å². The molecule has 0 atom stereocenters. The Hall–Kier alpha value is -2.00. The van der Waals surface area contributed by atoms with Crippen molar-refractivity contribution in [2.75, 3.05) is 12.9 Å². The zero-order chi connectivity index (χ0) is 16.5. The van der Waals surface area contributed by atoms with Crippen molar-refractivity contribution in [2.24, 2.45) is 0 Å². The molecule has 2 rings (SSSR count). The number of thioether (sulfide) groups is 1. The largest absolute Gasteiger partial charge is 0.497 e. The number of carbonyl (C=O) groups excluding carboxylic acids is 1. The number of ether oxygens (including phenoxy) is 1. The van der Waals surface area contributed by atoms with Crippen LogP contribution in [0.25, 0.3) is 6.08 Å². The molecule has 0 spiro atoms. The minimum absolute atomic E-state index is 0.0194. The summed E-state index contributed by atoms with van der Waals surface area (Å²) >= 11 is 1.84. The number of rotatable bonds is 8. The Morgan fingerprint density at radius 2 is 1.78 bits per heavy atom. The molecule has 2 aromatic carbocycles. The summed E-state index contributed by atoms with van der Waals surface area (Å²) < 4.78 is 5.12. The van der Waals surface area contributed by atoms with Gasteiger partial charge in [-0.1, -0.05) is 31.6 Å². The predicted octanol–water partition coefficient (Wildman–Crippen LogP) is 5.48. The van der Waals surface area contributed by atoms with E-state index >= 15 is 0 Å². The maximum absolute atomic E-state index is 12.2. The molecule has 0 radical (unpaired) electrons. The van der Waals surface area contributed by atoms with Crippen LogP contribution in [-0.2, 0) is 0 Å². The molecule has 3 heteroatoms. The van der Waals surface area contributed by atoms with Gasteiger partial charge in [-0.25, -0.2) is 0 Å². The monoisotopic (exact) mass is 326 g/mol. The zero-order valence-corrected chi connectivity index (χ0v) is 14.4. The van der Waals surface area contributed by atoms with Gasteiger partial charge >= 0.3 is 0 Å². The van der Waals surface area contributed by atoms with Crippen LogP contribution in [0.15, 0.2) is 59.5 Å². The van der Waals surface area contributed by atoms with Gasteiger partial charge in [-0.2, -0.15) is 0 Å². The summed E-state index contributed by atoms with van der Waals surface area (Å²) in [6, 6.07) is 15.5. The first-order valence-electron chi connectivity index (χ1n) is 7.82. The van der Waals surface area contributed by atoms with Crippen molar-refractivity contribution in [3.63, 3.8) is 0 Å². The van der Waals surface area contributed by atoms with Crippen LogP contribution in [0.2, 0.25) is 0 Å². The van der Waals surface area contributed by atoms with Crippen molar-refractivity contribution >= 4 is 23.6 Å². The molecule has 0 aromatic heterocycles. The Labute approximate surface area is 142 Å². The summed E-state index contributed by atoms with van der Waals surface area (Å²) in [6.45, 7) is 2.19. The molecule has 0 aliphatic rings. The van der Waals surface area contributed by atoms with Crippen LogP contribution in [0.3, 0.4) is 0 Å². The fourth-order valence-electron chi connectivity index (χ4n) is 2.03. The SMILES string of the molecule is CCCCSc1ccc(C(=O)C=Cc2ccc(OC)cc2)cc1. The fourth-order valence-corrected chi connectivity index (χ4v) is 3.03. The van der Waals surface area contributed by atoms with Crippen molar-refractivity contribution in [2.45, 2.75) is 24.7 Å². The zero-order valence-electron chi connectivity index (χ0n) is 13.6. The number of hydrogen-bond acceptors (Lipinski definition) is 3. The number of benzene rings is 2. The lowest BCUT2D eigenvalue weighted by Gasteiger charge is -2.02. The van der Waals surface area contributed by atoms with Crippen LogP contribution in [0.1, 0.15) is 35.7 Å². The van der Waals surface area contributed by atoms with Crippen molar-refractivity contribution in [3.05, 3.63) is 65.7 Å². The molecule has 0 aliphatic heterocycles. The Morgan fingerprint density at radius 1 is 1.09 bits per heavy atom. The highest BCUT2D eigenvalue weighted by atomic mass is 32.2. The third-order valence-electron chi connectivity index (χ3n) is 3.45. The minimum atomic E-state index is 0.0194. The maximum Gasteiger partial charge on any atom is 0.185 e. The van der Waals surface area contributed by atoms with Crippen LogP contribution >= 0.6 is 11.8 Å². The molecule has 0 unspecified atom stereocenters. The third-order valence-corrected chi connectivity index (χ3v) is 4.55. The molecule has 23 heavy (non-hydrogen) atoms. The Kier molecular flexibility index (Phi) is 6.95. The summed E-state index contributed by atoms with van der Waals surface area (Å²) in [5.74, 6) is 1.96. The highest BCUT2D eigenvalue weighted by Crippen LogP contribution is 2.20. The summed E-state index contributed by atoms with van der Waals surface area (Å²) in [6.07, 6.45) is 5.86. The maximum atomic E-state index is 12.2. The number of allylic oxidation sites excluding steroid dienone is 1. The number of unbranched alkanes of at least 4 members (excludes halogenated alkanes) is 1. The third kappa shape index (κ3) is 5.61. The molecule has 2 aromatic rings. The van der Waals surface area contributed by atoms with Crippen LogP contribution in [0.5, 0.6) is 5.75 Å². The van der Waals surface area contributed by atoms with Gasteiger partial charge in [0.1, 0.15) is 5.75 Å². The van der Waals surface area contributed by atoms with Gasteiger partial charge in [0.05, 0.1) is 7.11 Å². The molecule has 120 valence electrons. The van der Waals surface area contributed by atoms with Crippen LogP contribution < -0.4 is 4.74 Å². The van der Waals surface area contributed by atoms with E-state index in [1.807, 2.05) is 66.4 Å². The molecular weight excluding hydrogens is 304 g/mol. The number of carbonyl (C=O) groups is 1. The highest BCUT2D eigenvalue weighted by molar-refractivity contribution is 7.99. The predicted molar refractivity (Wildman–Crippen MR) is 98.4 cm³/mol. The Balaban J connectivity index is 1.95. The van der Waals surface area contributed by atoms with E-state index in [0.29, 0.717) is 0 Å². The summed E-state index contributed by atoms with van der Waals surface area (Å²) in [5, 5.41) is 0. The minimum Gasteiger partial charge on any atom is -0.497 e. The number of methoxy groups -OCH3 is 1. The van der Waals surface area contributed by atoms with E-state index in [9.17, 15) is 4.79 Å². The standard InChI is InChI=1S/C20H22O2S/c1-3-4-15-23-19-12-8-17(9-13-19)20(21)14-7-16-5-10-18(22-2)11-6-16/h5-14H,3-4,15H2,1-2H3. The second kappa shape index (κ2) is 9.21. The van der Waals surface area contributed by atoms with Gasteiger partial charge < -0.3 is 4.74 Å². The van der Waals surface area contributed by atoms with E-state index in [2.05, 4.69) is 6.92 Å². The molecule has 0 amide bonds. The smallest absolute Gasteiger partial charge is 0.185 e. The molecular formula is C20H22O2S. The number of hydrogen-bond donors (Lipinski definition) is 0. The van der Waals surface area contributed by atoms with E-state index in [4.69, 9.17) is 4.74 Å². The van der Waals surface area contributed by atoms with Gasteiger partial charge in [-0.15, -0.1) is 11.8 Å². The molecule has 0 bridgehead atoms. The lowest BCUT2D eigenvalue weighted by molar-refractivity contribution is 0.104. The van der Waals surface area contributed by atoms with Crippen LogP contribution in [0.4, 0.5) is 0 Å². The molecule has 0 saturated heterocycles. The second-order valence-corrected chi connectivity index (χ2v) is 6.37. The van der Waals surface area contributed by atoms with Crippen molar-refractivity contribution in [1.29, 1.82) is 0 Å². The number of ketones is 1. The van der Waals surface area contributed by atoms with Gasteiger partial charge in [0.25, 0.3) is 0 Å². The van der Waals surface area contributed by atoms with Crippen LogP contribution in [0, 0.1) is 0 Å². The topological polar surface area (TPSA) is 26.3 Å². The molecule has 0 saturated carbocycles. The van der Waals surface area contributed by atoms with Crippen LogP contribution in [-0.4, -0.2) is 18.6 Å². The van der Waals surface area contributed by atoms with Crippen molar-refractivity contribution in [3.8, 4) is 5.75 Å². The average molecular weight is 326 g/mol. The van der Waals surface area contributed by atoms with Gasteiger partial charge in [-0.3, -0.25) is 4.79 Å². The first kappa shape index (κ1) is 17.4. The summed E-state index contributed by atoms with van der Waals surface area (Å²) in [4.78, 5) is 13.4. The molecule has 0 heterocycles. The Morgan fingerprint density at radius 3 is 2.39 bits per heavy atom. The second-order valence-electron chi connectivity index (χ2n) is 5.20. The first-order valence-corrected chi connectivity index (χ1v) is 8.81. The average Bonchev–Trinajstić information content (AvgIpc) is 2.61. The van der Waals surface area contributed by atoms with E-state index < -0.39 is 0 Å². The molecule has 0 N–H and O–H groups in total. The molecule has 2 nitrogen and oxygen atoms in total. The summed E-state index contributed by atoms with van der Waals surface area (Å²) in [5.41, 5.74) is 1.69. The van der Waals surface area contributed by atoms with E-state index in [1.165, 1.54) is 17.7 Å². The quantitative estimate of drug-likeness (QED) is 0.278. The first-order chi connectivity index (χ1) is 11.2. The van der Waals surface area contributed by atoms with Gasteiger partial charge in [-0.05, 0) is 60.2 Å². The van der Waals surface area contributed by atoms with E-state index in [-0.39, 0.29) is 5.78 Å². The molecule has 0 aliphatic carbocycles. The molecule has 0 fully saturated rings. The van der Waals surface area contributed by atoms with Gasteiger partial charge in [0.2, 0.25) is 0 Å². The lowest BCUT2D eigenvalue weighted by atomic mass is 10.1. The summed E-state index contributed by atoms with van der Waals surface area (Å²) in [7, 11) is 1.64. The van der Waals surface area contributed by atoms with Crippen molar-refractivity contribution < 1.29 is 9.53 Å². The fraction of sp³-hybridized carbons (Fsp3) is 0.250. The van der Waals surface area contributed by atoms with E-state index in [0.717, 1.165) is 22.6 Å². The highest BCUT2D eigenvalue weighted by Gasteiger charge is 2.02. The normalized spacial score (nSPS) is 10.9. The van der Waals surface area contributed by atoms with Gasteiger partial charge in [0, 0.05) is 10.5 Å². The van der Waals surface area contributed by atoms with Gasteiger partial charge in [0.15, 0.2) is 5.78 Å². The lowest BCUT2D eigenvalue weighted by Crippen LogP contribution is -1.93.